The van der Waals surface area contributed by atoms with Crippen molar-refractivity contribution in [1.82, 2.24) is 0 Å². The molecule has 0 aromatic carbocycles. The Morgan fingerprint density at radius 1 is 0.720 bits per heavy atom. The summed E-state index contributed by atoms with van der Waals surface area (Å²) < 4.78 is 0. The molecule has 1 aliphatic heterocycles. The van der Waals surface area contributed by atoms with E-state index in [1.54, 1.807) is 12.1 Å². The average Bonchev–Trinajstić information content (AvgIpc) is 2.74. The quantitative estimate of drug-likeness (QED) is 0.345. The van der Waals surface area contributed by atoms with Crippen LogP contribution in [0.25, 0.3) is 0 Å². The Labute approximate surface area is 190 Å². The molecule has 2 aliphatic carbocycles. The van der Waals surface area contributed by atoms with Gasteiger partial charge in [0.15, 0.2) is 0 Å². The third kappa shape index (κ3) is 9.41. The zero-order valence-corrected chi connectivity index (χ0v) is 22.2. The van der Waals surface area contributed by atoms with E-state index >= 15 is 0 Å². The van der Waals surface area contributed by atoms with E-state index in [0.717, 1.165) is 9.52 Å². The first-order chi connectivity index (χ1) is 10.3. The minimum atomic E-state index is 0. The second-order valence-corrected chi connectivity index (χ2v) is 8.55. The van der Waals surface area contributed by atoms with Gasteiger partial charge in [0.25, 0.3) is 0 Å². The van der Waals surface area contributed by atoms with E-state index in [1.807, 2.05) is 0 Å². The Morgan fingerprint density at radius 2 is 0.960 bits per heavy atom. The maximum atomic E-state index is 3.36. The Balaban J connectivity index is -0.000000289. The second kappa shape index (κ2) is 14.7. The largest absolute Gasteiger partial charge is 4.00 e. The zero-order chi connectivity index (χ0) is 16.9. The third-order valence-corrected chi connectivity index (χ3v) is 6.92. The molecule has 3 rings (SSSR count). The van der Waals surface area contributed by atoms with Crippen molar-refractivity contribution < 1.29 is 51.0 Å². The first-order valence-corrected chi connectivity index (χ1v) is 10.3. The van der Waals surface area contributed by atoms with Crippen LogP contribution in [0.5, 0.6) is 0 Å². The van der Waals surface area contributed by atoms with Crippen molar-refractivity contribution >= 4 is 9.52 Å². The van der Waals surface area contributed by atoms with E-state index in [-0.39, 0.29) is 51.0 Å². The van der Waals surface area contributed by atoms with E-state index in [0.29, 0.717) is 11.8 Å². The second-order valence-electron chi connectivity index (χ2n) is 6.82. The molecule has 0 aromatic rings. The van der Waals surface area contributed by atoms with Crippen LogP contribution in [0, 0.1) is 24.0 Å². The summed E-state index contributed by atoms with van der Waals surface area (Å²) in [4.78, 5) is 0. The van der Waals surface area contributed by atoms with Gasteiger partial charge in [-0.15, -0.1) is 13.8 Å². The zero-order valence-electron chi connectivity index (χ0n) is 17.1. The summed E-state index contributed by atoms with van der Waals surface area (Å²) in [6.07, 6.45) is 8.25. The molecule has 0 amide bonds. The van der Waals surface area contributed by atoms with Crippen molar-refractivity contribution in [3.8, 4) is 0 Å². The van der Waals surface area contributed by atoms with Crippen LogP contribution in [0.2, 0.25) is 12.1 Å². The topological polar surface area (TPSA) is 0 Å². The molecule has 0 nitrogen and oxygen atoms in total. The molecule has 0 saturated carbocycles. The maximum Gasteiger partial charge on any atom is 4.00 e. The van der Waals surface area contributed by atoms with Gasteiger partial charge in [-0.1, -0.05) is 71.9 Å². The Morgan fingerprint density at radius 3 is 1.00 bits per heavy atom. The smallest absolute Gasteiger partial charge is 1.00 e. The summed E-state index contributed by atoms with van der Waals surface area (Å²) in [5.41, 5.74) is 8.49. The molecule has 139 valence electrons. The van der Waals surface area contributed by atoms with Crippen molar-refractivity contribution in [3.63, 3.8) is 0 Å². The predicted molar refractivity (Wildman–Crippen MR) is 101 cm³/mol. The SMILES string of the molecule is C1C[SiH]C1.CC1=[C-]C(C)C(C)=C1C.CC1=[C-]C(C)C(C)=C1C.[Cl-].[Cl-].[Zr+4]. The fourth-order valence-corrected chi connectivity index (χ4v) is 2.94. The summed E-state index contributed by atoms with van der Waals surface area (Å²) >= 11 is 0. The van der Waals surface area contributed by atoms with Gasteiger partial charge in [-0.3, -0.25) is 12.2 Å². The van der Waals surface area contributed by atoms with Gasteiger partial charge in [-0.05, 0) is 0 Å². The Bertz CT molecular complexity index is 478. The maximum absolute atomic E-state index is 3.36. The van der Waals surface area contributed by atoms with Gasteiger partial charge < -0.3 is 24.8 Å². The molecule has 4 heteroatoms. The molecular weight excluding hydrogens is 442 g/mol. The van der Waals surface area contributed by atoms with Gasteiger partial charge in [0.2, 0.25) is 0 Å². The van der Waals surface area contributed by atoms with Crippen LogP contribution in [0.1, 0.15) is 61.8 Å². The van der Waals surface area contributed by atoms with Gasteiger partial charge in [0.1, 0.15) is 0 Å². The molecule has 1 saturated heterocycles. The summed E-state index contributed by atoms with van der Waals surface area (Å²) in [5.74, 6) is 1.12. The van der Waals surface area contributed by atoms with Crippen LogP contribution >= 0.6 is 0 Å². The molecule has 0 spiro atoms. The average molecular weight is 476 g/mol. The summed E-state index contributed by atoms with van der Waals surface area (Å²) in [6, 6.07) is 3.17. The van der Waals surface area contributed by atoms with Gasteiger partial charge in [0, 0.05) is 9.52 Å². The van der Waals surface area contributed by atoms with E-state index in [4.69, 9.17) is 0 Å². The molecule has 25 heavy (non-hydrogen) atoms. The summed E-state index contributed by atoms with van der Waals surface area (Å²) in [6.45, 7) is 17.3. The molecule has 0 bridgehead atoms. The van der Waals surface area contributed by atoms with Crippen LogP contribution in [-0.2, 0) is 26.2 Å². The fraction of sp³-hybridized carbons (Fsp3) is 0.619. The number of hydrogen-bond acceptors (Lipinski definition) is 0. The predicted octanol–water partition coefficient (Wildman–Crippen LogP) is 0.113. The molecular formula is C21H33Cl2SiZr. The van der Waals surface area contributed by atoms with Gasteiger partial charge in [0.05, 0.1) is 0 Å². The van der Waals surface area contributed by atoms with Gasteiger partial charge >= 0.3 is 26.2 Å². The minimum Gasteiger partial charge on any atom is -1.00 e. The number of halogens is 2. The van der Waals surface area contributed by atoms with Crippen LogP contribution in [0.4, 0.5) is 0 Å². The summed E-state index contributed by atoms with van der Waals surface area (Å²) in [5, 5.41) is 0. The van der Waals surface area contributed by atoms with Crippen LogP contribution < -0.4 is 24.8 Å². The van der Waals surface area contributed by atoms with Crippen molar-refractivity contribution in [3.05, 3.63) is 45.6 Å². The van der Waals surface area contributed by atoms with Crippen molar-refractivity contribution in [2.75, 3.05) is 0 Å². The van der Waals surface area contributed by atoms with Gasteiger partial charge in [-0.25, -0.2) is 11.1 Å². The van der Waals surface area contributed by atoms with Gasteiger partial charge in [-0.2, -0.15) is 22.3 Å². The monoisotopic (exact) mass is 473 g/mol. The Kier molecular flexibility index (Phi) is 17.8. The van der Waals surface area contributed by atoms with Crippen molar-refractivity contribution in [1.29, 1.82) is 0 Å². The molecule has 3 aliphatic rings. The molecule has 1 fully saturated rings. The van der Waals surface area contributed by atoms with Crippen LogP contribution in [0.15, 0.2) is 33.4 Å². The van der Waals surface area contributed by atoms with Crippen molar-refractivity contribution in [2.24, 2.45) is 11.8 Å². The third-order valence-electron chi connectivity index (χ3n) is 5.29. The van der Waals surface area contributed by atoms with E-state index in [2.05, 4.69) is 67.5 Å². The molecule has 0 N–H and O–H groups in total. The van der Waals surface area contributed by atoms with Crippen LogP contribution in [-0.4, -0.2) is 9.52 Å². The van der Waals surface area contributed by atoms with Crippen LogP contribution in [0.3, 0.4) is 0 Å². The fourth-order valence-electron chi connectivity index (χ4n) is 2.53. The molecule has 1 radical (unpaired) electrons. The normalized spacial score (nSPS) is 23.4. The van der Waals surface area contributed by atoms with E-state index in [9.17, 15) is 0 Å². The standard InChI is InChI=1S/2C9H13.C3H7Si.2ClH.Zr/c2*1-6-5-7(2)9(4)8(6)3;1-2-4-3-1;;;/h2*6H,1-4H3;4H,1-3H2;2*1H;/q2*-1;;;;+4/p-2. The first kappa shape index (κ1) is 30.4. The minimum absolute atomic E-state index is 0. The molecule has 0 aromatic heterocycles. The number of hydrogen-bond donors (Lipinski definition) is 0. The molecule has 1 heterocycles. The Hall–Kier alpha value is 0.640. The molecule has 2 atom stereocenters. The van der Waals surface area contributed by atoms with E-state index in [1.165, 1.54) is 39.9 Å². The summed E-state index contributed by atoms with van der Waals surface area (Å²) in [7, 11) is 0.963. The van der Waals surface area contributed by atoms with Crippen molar-refractivity contribution in [2.45, 2.75) is 73.9 Å². The number of allylic oxidation sites excluding steroid dienone is 8. The van der Waals surface area contributed by atoms with E-state index < -0.39 is 0 Å². The number of rotatable bonds is 0. The first-order valence-electron chi connectivity index (χ1n) is 8.63. The molecule has 2 unspecified atom stereocenters.